The zero-order valence-electron chi connectivity index (χ0n) is 16.4. The van der Waals surface area contributed by atoms with E-state index in [1.54, 1.807) is 18.2 Å². The second-order valence-electron chi connectivity index (χ2n) is 7.24. The molecule has 0 N–H and O–H groups in total. The first kappa shape index (κ1) is 24.4. The summed E-state index contributed by atoms with van der Waals surface area (Å²) in [6.45, 7) is 1.61. The van der Waals surface area contributed by atoms with Crippen LogP contribution in [0.5, 0.6) is 0 Å². The Labute approximate surface area is 219 Å². The Kier molecular flexibility index (Phi) is 7.86. The molecule has 1 saturated heterocycles. The van der Waals surface area contributed by atoms with E-state index in [2.05, 4.69) is 4.90 Å². The molecule has 10 heteroatoms. The van der Waals surface area contributed by atoms with E-state index in [0.29, 0.717) is 44.6 Å². The number of benzene rings is 3. The van der Waals surface area contributed by atoms with Gasteiger partial charge in [-0.2, -0.15) is 0 Å². The van der Waals surface area contributed by atoms with Gasteiger partial charge in [0.25, 0.3) is 0 Å². The van der Waals surface area contributed by atoms with Crippen molar-refractivity contribution in [3.05, 3.63) is 90.3 Å². The summed E-state index contributed by atoms with van der Waals surface area (Å²) in [6.07, 6.45) is 0. The van der Waals surface area contributed by atoms with Gasteiger partial charge in [0.05, 0.1) is 39.9 Å². The highest BCUT2D eigenvalue weighted by molar-refractivity contribution is 7.82. The molecule has 3 aromatic carbocycles. The molecule has 0 aliphatic carbocycles. The Bertz CT molecular complexity index is 1170. The van der Waals surface area contributed by atoms with Gasteiger partial charge in [0.15, 0.2) is 15.9 Å². The van der Waals surface area contributed by atoms with Crippen LogP contribution in [0.4, 0.5) is 5.69 Å². The third kappa shape index (κ3) is 5.03. The molecular weight excluding hydrogens is 553 g/mol. The number of halogens is 6. The number of hydrogen-bond donors (Lipinski definition) is 0. The van der Waals surface area contributed by atoms with E-state index >= 15 is 0 Å². The number of thiol groups is 1. The molecule has 2 atom stereocenters. The molecule has 1 fully saturated rings. The van der Waals surface area contributed by atoms with Crippen molar-refractivity contribution in [2.24, 2.45) is 0 Å². The summed E-state index contributed by atoms with van der Waals surface area (Å²) >= 11 is 37.3. The Morgan fingerprint density at radius 3 is 2.12 bits per heavy atom. The first-order valence-corrected chi connectivity index (χ1v) is 13.1. The molecule has 2 unspecified atom stereocenters. The molecule has 3 aromatic rings. The molecule has 0 radical (unpaired) electrons. The number of anilines is 1. The molecule has 168 valence electrons. The summed E-state index contributed by atoms with van der Waals surface area (Å²) in [7, 11) is -1.97. The molecule has 0 aromatic heterocycles. The Hall–Kier alpha value is -0.690. The molecule has 0 saturated carbocycles. The first-order chi connectivity index (χ1) is 15.3. The van der Waals surface area contributed by atoms with Crippen molar-refractivity contribution >= 4 is 86.3 Å². The van der Waals surface area contributed by atoms with Crippen LogP contribution in [-0.2, 0) is 15.2 Å². The molecular formula is C22H17Cl6N2OS+. The fourth-order valence-corrected chi connectivity index (χ4v) is 6.54. The number of piperazine rings is 1. The van der Waals surface area contributed by atoms with Crippen molar-refractivity contribution in [3.63, 3.8) is 0 Å². The fourth-order valence-electron chi connectivity index (χ4n) is 3.72. The number of nitrogens with zero attached hydrogens (tertiary/aromatic N) is 2. The van der Waals surface area contributed by atoms with E-state index in [1.165, 1.54) is 0 Å². The summed E-state index contributed by atoms with van der Waals surface area (Å²) in [5.74, 6) is 0. The summed E-state index contributed by atoms with van der Waals surface area (Å²) in [5, 5.41) is 2.51. The van der Waals surface area contributed by atoms with Gasteiger partial charge in [-0.25, -0.2) is 0 Å². The zero-order chi connectivity index (χ0) is 23.0. The molecule has 1 aliphatic rings. The van der Waals surface area contributed by atoms with Crippen molar-refractivity contribution < 1.29 is 4.21 Å². The lowest BCUT2D eigenvalue weighted by Crippen LogP contribution is -2.49. The van der Waals surface area contributed by atoms with Gasteiger partial charge >= 0.3 is 0 Å². The van der Waals surface area contributed by atoms with Crippen LogP contribution >= 0.6 is 69.6 Å². The Balaban J connectivity index is 1.69. The van der Waals surface area contributed by atoms with E-state index in [-0.39, 0.29) is 16.1 Å². The predicted molar refractivity (Wildman–Crippen MR) is 139 cm³/mol. The summed E-state index contributed by atoms with van der Waals surface area (Å²) in [6, 6.07) is 16.2. The molecule has 4 rings (SSSR count). The maximum Gasteiger partial charge on any atom is 0.195 e. The van der Waals surface area contributed by atoms with Gasteiger partial charge in [-0.1, -0.05) is 85.9 Å². The normalized spacial score (nSPS) is 18.1. The average molecular weight is 570 g/mol. The van der Waals surface area contributed by atoms with Gasteiger partial charge in [0.1, 0.15) is 5.02 Å². The van der Waals surface area contributed by atoms with Crippen LogP contribution in [0.2, 0.25) is 30.1 Å². The average Bonchev–Trinajstić information content (AvgIpc) is 2.78. The lowest BCUT2D eigenvalue weighted by molar-refractivity contribution is 0.348. The third-order valence-electron chi connectivity index (χ3n) is 5.31. The maximum absolute atomic E-state index is 13.5. The fraction of sp³-hybridized carbons (Fsp3) is 0.182. The third-order valence-corrected chi connectivity index (χ3v) is 9.19. The van der Waals surface area contributed by atoms with Crippen molar-refractivity contribution in [2.75, 3.05) is 24.5 Å². The van der Waals surface area contributed by atoms with Crippen LogP contribution in [0.1, 0.15) is 11.6 Å². The lowest BCUT2D eigenvalue weighted by atomic mass is 10.0. The van der Waals surface area contributed by atoms with Gasteiger partial charge in [-0.05, 0) is 48.0 Å². The van der Waals surface area contributed by atoms with Crippen LogP contribution < -0.4 is 4.90 Å². The largest absolute Gasteiger partial charge is 0.360 e. The Morgan fingerprint density at radius 1 is 0.750 bits per heavy atom. The minimum atomic E-state index is -1.97. The number of rotatable bonds is 4. The minimum Gasteiger partial charge on any atom is -0.360 e. The Morgan fingerprint density at radius 2 is 1.44 bits per heavy atom. The second-order valence-corrected chi connectivity index (χ2v) is 11.3. The molecule has 32 heavy (non-hydrogen) atoms. The van der Waals surface area contributed by atoms with Gasteiger partial charge in [0, 0.05) is 16.6 Å². The highest BCUT2D eigenvalue weighted by atomic mass is 35.5. The summed E-state index contributed by atoms with van der Waals surface area (Å²) in [5.41, 5.74) is 1.88. The SMILES string of the molecule is O=[SH+](c1ccc(Cl)c(Cl)c1Cl)N1CCN(c2ccc(Cl)cc2Cl)C(c2ccc(Cl)cc2)C1. The minimum absolute atomic E-state index is 0.125. The van der Waals surface area contributed by atoms with E-state index in [9.17, 15) is 4.21 Å². The van der Waals surface area contributed by atoms with E-state index in [4.69, 9.17) is 69.6 Å². The molecule has 1 aliphatic heterocycles. The summed E-state index contributed by atoms with van der Waals surface area (Å²) in [4.78, 5) is 2.65. The monoisotopic (exact) mass is 567 g/mol. The van der Waals surface area contributed by atoms with Crippen molar-refractivity contribution in [1.82, 2.24) is 4.31 Å². The van der Waals surface area contributed by atoms with Crippen LogP contribution in [0.3, 0.4) is 0 Å². The van der Waals surface area contributed by atoms with Crippen molar-refractivity contribution in [2.45, 2.75) is 10.9 Å². The smallest absolute Gasteiger partial charge is 0.195 e. The summed E-state index contributed by atoms with van der Waals surface area (Å²) < 4.78 is 15.4. The van der Waals surface area contributed by atoms with Crippen molar-refractivity contribution in [3.8, 4) is 0 Å². The quantitative estimate of drug-likeness (QED) is 0.180. The lowest BCUT2D eigenvalue weighted by Gasteiger charge is -2.40. The first-order valence-electron chi connectivity index (χ1n) is 9.59. The van der Waals surface area contributed by atoms with Gasteiger partial charge in [-0.3, -0.25) is 0 Å². The molecule has 0 bridgehead atoms. The van der Waals surface area contributed by atoms with Crippen LogP contribution in [0, 0.1) is 0 Å². The molecule has 0 amide bonds. The van der Waals surface area contributed by atoms with E-state index < -0.39 is 11.0 Å². The van der Waals surface area contributed by atoms with E-state index in [0.717, 1.165) is 11.3 Å². The molecule has 3 nitrogen and oxygen atoms in total. The predicted octanol–water partition coefficient (Wildman–Crippen LogP) is 8.14. The highest BCUT2D eigenvalue weighted by Crippen LogP contribution is 2.39. The van der Waals surface area contributed by atoms with E-state index in [1.807, 2.05) is 40.7 Å². The standard InChI is InChI=1S/C22H16Cl6N2OS/c23-14-3-1-13(2-4-14)19-12-29(32(31)20-8-6-16(25)21(27)22(20)28)9-10-30(19)18-7-5-15(24)11-17(18)26/h1-8,11,19H,9-10,12H2/p+1. The van der Waals surface area contributed by atoms with Gasteiger partial charge < -0.3 is 4.90 Å². The molecule has 1 heterocycles. The van der Waals surface area contributed by atoms with Crippen LogP contribution in [0.15, 0.2) is 59.5 Å². The highest BCUT2D eigenvalue weighted by Gasteiger charge is 2.36. The van der Waals surface area contributed by atoms with Gasteiger partial charge in [-0.15, -0.1) is 4.31 Å². The second kappa shape index (κ2) is 10.3. The van der Waals surface area contributed by atoms with Crippen LogP contribution in [0.25, 0.3) is 0 Å². The topological polar surface area (TPSA) is 23.6 Å². The maximum atomic E-state index is 13.5. The molecule has 0 spiro atoms. The zero-order valence-corrected chi connectivity index (χ0v) is 21.8. The van der Waals surface area contributed by atoms with Crippen molar-refractivity contribution in [1.29, 1.82) is 0 Å². The number of hydrogen-bond acceptors (Lipinski definition) is 2. The van der Waals surface area contributed by atoms with Crippen LogP contribution in [-0.4, -0.2) is 23.9 Å². The van der Waals surface area contributed by atoms with Gasteiger partial charge in [0.2, 0.25) is 0 Å².